The lowest BCUT2D eigenvalue weighted by atomic mass is 9.71. The number of fused-ring (bicyclic) bond motifs is 3. The summed E-state index contributed by atoms with van der Waals surface area (Å²) < 4.78 is 11.9. The molecule has 2 aromatic rings. The summed E-state index contributed by atoms with van der Waals surface area (Å²) in [6, 6.07) is 5.60. The minimum atomic E-state index is -1.92. The lowest BCUT2D eigenvalue weighted by Crippen LogP contribution is -2.52. The van der Waals surface area contributed by atoms with Gasteiger partial charge in [0, 0.05) is 53.2 Å². The molecule has 0 radical (unpaired) electrons. The van der Waals surface area contributed by atoms with Gasteiger partial charge in [-0.25, -0.2) is 0 Å². The van der Waals surface area contributed by atoms with E-state index in [0.29, 0.717) is 0 Å². The van der Waals surface area contributed by atoms with Gasteiger partial charge in [0.25, 0.3) is 0 Å². The lowest BCUT2D eigenvalue weighted by molar-refractivity contribution is -0.246. The van der Waals surface area contributed by atoms with Crippen LogP contribution in [-0.2, 0) is 20.7 Å². The highest BCUT2D eigenvalue weighted by Crippen LogP contribution is 2.50. The zero-order valence-corrected chi connectivity index (χ0v) is 19.9. The maximum absolute atomic E-state index is 13.4. The number of ketones is 3. The molecule has 0 amide bonds. The zero-order valence-electron chi connectivity index (χ0n) is 19.9. The lowest BCUT2D eigenvalue weighted by Gasteiger charge is -2.42. The number of hydrogen-bond donors (Lipinski definition) is 5. The summed E-state index contributed by atoms with van der Waals surface area (Å²) in [6.45, 7) is 2.86. The number of benzene rings is 2. The molecule has 6 atom stereocenters. The number of phenols is 1. The van der Waals surface area contributed by atoms with Crippen LogP contribution in [0.5, 0.6) is 5.75 Å². The van der Waals surface area contributed by atoms with Crippen molar-refractivity contribution in [2.24, 2.45) is 5.73 Å². The first-order chi connectivity index (χ1) is 16.9. The second-order valence-corrected chi connectivity index (χ2v) is 9.86. The zero-order chi connectivity index (χ0) is 26.1. The molecule has 7 N–H and O–H groups in total. The number of nitrogen functional groups attached to an aromatic ring is 1. The van der Waals surface area contributed by atoms with Crippen LogP contribution in [0.15, 0.2) is 24.3 Å². The van der Waals surface area contributed by atoms with Crippen LogP contribution >= 0.6 is 0 Å². The van der Waals surface area contributed by atoms with E-state index in [0.717, 1.165) is 0 Å². The van der Waals surface area contributed by atoms with Gasteiger partial charge in [0.1, 0.15) is 11.4 Å². The quantitative estimate of drug-likeness (QED) is 0.258. The normalized spacial score (nSPS) is 31.4. The fourth-order valence-corrected chi connectivity index (χ4v) is 5.49. The first-order valence-electron chi connectivity index (χ1n) is 11.8. The van der Waals surface area contributed by atoms with Gasteiger partial charge >= 0.3 is 0 Å². The minimum Gasteiger partial charge on any atom is -0.507 e. The van der Waals surface area contributed by atoms with E-state index in [9.17, 15) is 29.7 Å². The maximum atomic E-state index is 13.4. The van der Waals surface area contributed by atoms with Gasteiger partial charge in [0.2, 0.25) is 0 Å². The summed E-state index contributed by atoms with van der Waals surface area (Å²) in [5.41, 5.74) is 10.7. The first-order valence-corrected chi connectivity index (χ1v) is 11.8. The molecule has 1 aliphatic heterocycles. The van der Waals surface area contributed by atoms with E-state index in [4.69, 9.17) is 20.9 Å². The molecule has 1 fully saturated rings. The second kappa shape index (κ2) is 8.46. The number of aliphatic hydroxyl groups excluding tert-OH is 1. The Morgan fingerprint density at radius 2 is 1.78 bits per heavy atom. The summed E-state index contributed by atoms with van der Waals surface area (Å²) in [4.78, 5) is 39.2. The molecule has 0 bridgehead atoms. The van der Waals surface area contributed by atoms with Crippen molar-refractivity contribution in [1.82, 2.24) is 0 Å². The highest BCUT2D eigenvalue weighted by molar-refractivity contribution is 6.31. The summed E-state index contributed by atoms with van der Waals surface area (Å²) in [5, 5.41) is 32.6. The molecule has 1 saturated heterocycles. The molecule has 10 nitrogen and oxygen atoms in total. The van der Waals surface area contributed by atoms with Crippen molar-refractivity contribution in [3.8, 4) is 5.75 Å². The van der Waals surface area contributed by atoms with Crippen LogP contribution in [-0.4, -0.2) is 62.8 Å². The SMILES string of the molecule is CC(=O)C1(O)Cc2c(O)c3c(c(N)c2C(OC2CC(N)C(O)C(C)O2)C1)C(=O)c1ccccc1C3=O. The number of nitrogens with two attached hydrogens (primary N) is 2. The minimum absolute atomic E-state index is 0.0607. The molecular weight excluding hydrogens is 468 g/mol. The number of aliphatic hydroxyl groups is 2. The molecular formula is C26H28N2O8. The van der Waals surface area contributed by atoms with Crippen molar-refractivity contribution in [3.05, 3.63) is 57.6 Å². The molecule has 0 saturated carbocycles. The second-order valence-electron chi connectivity index (χ2n) is 9.86. The average Bonchev–Trinajstić information content (AvgIpc) is 2.82. The number of rotatable bonds is 3. The van der Waals surface area contributed by atoms with Gasteiger partial charge in [-0.3, -0.25) is 14.4 Å². The van der Waals surface area contributed by atoms with Crippen molar-refractivity contribution in [3.63, 3.8) is 0 Å². The van der Waals surface area contributed by atoms with E-state index in [1.807, 2.05) is 0 Å². The molecule has 0 spiro atoms. The standard InChI is InChI=1S/C26H28N2O8/c1-10-22(30)15(27)7-17(35-10)36-16-9-26(34,11(2)29)8-14-18(16)21(28)19-20(25(14)33)24(32)13-6-4-3-5-12(13)23(19)31/h3-6,10,15-17,22,30,33-34H,7-9,27-28H2,1-2H3. The number of ether oxygens (including phenoxy) is 2. The Morgan fingerprint density at radius 1 is 1.17 bits per heavy atom. The largest absolute Gasteiger partial charge is 0.507 e. The molecule has 1 heterocycles. The van der Waals surface area contributed by atoms with Gasteiger partial charge in [-0.05, 0) is 13.8 Å². The Hall–Kier alpha value is -3.15. The molecule has 190 valence electrons. The first kappa shape index (κ1) is 24.5. The van der Waals surface area contributed by atoms with E-state index in [2.05, 4.69) is 0 Å². The van der Waals surface area contributed by atoms with Crippen LogP contribution in [0.25, 0.3) is 0 Å². The molecule has 3 aliphatic rings. The van der Waals surface area contributed by atoms with Crippen LogP contribution in [0.3, 0.4) is 0 Å². The van der Waals surface area contributed by atoms with Gasteiger partial charge in [-0.2, -0.15) is 0 Å². The van der Waals surface area contributed by atoms with Crippen molar-refractivity contribution < 1.29 is 39.2 Å². The van der Waals surface area contributed by atoms with Crippen LogP contribution in [0, 0.1) is 0 Å². The van der Waals surface area contributed by atoms with E-state index in [1.165, 1.54) is 19.1 Å². The van der Waals surface area contributed by atoms with E-state index >= 15 is 0 Å². The third-order valence-corrected chi connectivity index (χ3v) is 7.56. The molecule has 2 aromatic carbocycles. The Kier molecular flexibility index (Phi) is 5.77. The monoisotopic (exact) mass is 496 g/mol. The van der Waals surface area contributed by atoms with Crippen molar-refractivity contribution in [1.29, 1.82) is 0 Å². The Balaban J connectivity index is 1.66. The van der Waals surface area contributed by atoms with Crippen LogP contribution in [0.2, 0.25) is 0 Å². The average molecular weight is 497 g/mol. The topological polar surface area (TPSA) is 182 Å². The van der Waals surface area contributed by atoms with Crippen LogP contribution in [0.1, 0.15) is 75.8 Å². The molecule has 10 heteroatoms. The highest BCUT2D eigenvalue weighted by Gasteiger charge is 2.48. The fraction of sp³-hybridized carbons (Fsp3) is 0.423. The summed E-state index contributed by atoms with van der Waals surface area (Å²) >= 11 is 0. The summed E-state index contributed by atoms with van der Waals surface area (Å²) in [6.07, 6.45) is -3.94. The smallest absolute Gasteiger partial charge is 0.198 e. The van der Waals surface area contributed by atoms with Gasteiger partial charge in [-0.1, -0.05) is 24.3 Å². The molecule has 0 aromatic heterocycles. The predicted octanol–water partition coefficient (Wildman–Crippen LogP) is 0.897. The fourth-order valence-electron chi connectivity index (χ4n) is 5.49. The Labute approximate surface area is 206 Å². The number of aromatic hydroxyl groups is 1. The number of carbonyl (C=O) groups is 3. The molecule has 6 unspecified atom stereocenters. The van der Waals surface area contributed by atoms with Crippen molar-refractivity contribution in [2.75, 3.05) is 5.73 Å². The molecule has 2 aliphatic carbocycles. The number of phenolic OH excluding ortho intramolecular Hbond substituents is 1. The highest BCUT2D eigenvalue weighted by atomic mass is 16.7. The number of hydrogen-bond acceptors (Lipinski definition) is 10. The molecule has 36 heavy (non-hydrogen) atoms. The van der Waals surface area contributed by atoms with Crippen LogP contribution in [0.4, 0.5) is 5.69 Å². The van der Waals surface area contributed by atoms with E-state index in [1.54, 1.807) is 19.1 Å². The third kappa shape index (κ3) is 3.56. The Bertz CT molecular complexity index is 1300. The van der Waals surface area contributed by atoms with Crippen molar-refractivity contribution in [2.45, 2.75) is 69.4 Å². The maximum Gasteiger partial charge on any atom is 0.198 e. The van der Waals surface area contributed by atoms with Gasteiger partial charge in [-0.15, -0.1) is 0 Å². The number of Topliss-reactive ketones (excluding diaryl/α,β-unsaturated/α-hetero) is 1. The van der Waals surface area contributed by atoms with E-state index in [-0.39, 0.29) is 58.3 Å². The summed E-state index contributed by atoms with van der Waals surface area (Å²) in [5.74, 6) is -2.17. The molecule has 5 rings (SSSR count). The van der Waals surface area contributed by atoms with Gasteiger partial charge in [0.15, 0.2) is 23.6 Å². The summed E-state index contributed by atoms with van der Waals surface area (Å²) in [7, 11) is 0. The predicted molar refractivity (Wildman–Crippen MR) is 127 cm³/mol. The van der Waals surface area contributed by atoms with E-state index < -0.39 is 59.3 Å². The van der Waals surface area contributed by atoms with Crippen molar-refractivity contribution >= 4 is 23.0 Å². The third-order valence-electron chi connectivity index (χ3n) is 7.56. The number of carbonyl (C=O) groups excluding carboxylic acids is 3. The van der Waals surface area contributed by atoms with Gasteiger partial charge in [0.05, 0.1) is 29.4 Å². The van der Waals surface area contributed by atoms with Crippen LogP contribution < -0.4 is 11.5 Å². The Morgan fingerprint density at radius 3 is 2.36 bits per heavy atom. The van der Waals surface area contributed by atoms with Gasteiger partial charge < -0.3 is 36.3 Å². The number of anilines is 1.